The molecule has 0 aliphatic heterocycles. The maximum Gasteiger partial charge on any atom is 0.240 e. The highest BCUT2D eigenvalue weighted by Crippen LogP contribution is 2.27. The van der Waals surface area contributed by atoms with Gasteiger partial charge in [0.2, 0.25) is 10.0 Å². The Labute approximate surface area is 118 Å². The maximum atomic E-state index is 11.8. The smallest absolute Gasteiger partial charge is 0.240 e. The van der Waals surface area contributed by atoms with Crippen LogP contribution >= 0.6 is 0 Å². The number of rotatable bonds is 7. The zero-order valence-corrected chi connectivity index (χ0v) is 12.4. The third-order valence-corrected chi connectivity index (χ3v) is 4.70. The molecular formula is C12H21N3O4S. The lowest BCUT2D eigenvalue weighted by atomic mass is 9.98. The van der Waals surface area contributed by atoms with Crippen molar-refractivity contribution in [3.8, 4) is 0 Å². The first-order valence-corrected chi connectivity index (χ1v) is 7.65. The van der Waals surface area contributed by atoms with E-state index in [0.29, 0.717) is 17.8 Å². The van der Waals surface area contributed by atoms with Crippen molar-refractivity contribution in [1.82, 2.24) is 4.72 Å². The summed E-state index contributed by atoms with van der Waals surface area (Å²) in [7, 11) is -2.27. The minimum absolute atomic E-state index is 0.0533. The third-order valence-electron chi connectivity index (χ3n) is 3.29. The molecule has 0 amide bonds. The summed E-state index contributed by atoms with van der Waals surface area (Å²) in [6.07, 6.45) is 0.447. The van der Waals surface area contributed by atoms with E-state index >= 15 is 0 Å². The number of nitrogens with one attached hydrogen (secondary N) is 2. The van der Waals surface area contributed by atoms with Gasteiger partial charge in [-0.3, -0.25) is 0 Å². The quantitative estimate of drug-likeness (QED) is 0.441. The Morgan fingerprint density at radius 1 is 1.30 bits per heavy atom. The Balaban J connectivity index is 3.22. The molecule has 0 bridgehead atoms. The predicted octanol–water partition coefficient (Wildman–Crippen LogP) is -0.278. The Kier molecular flexibility index (Phi) is 5.35. The lowest BCUT2D eigenvalue weighted by Crippen LogP contribution is -2.45. The number of hydrogen-bond acceptors (Lipinski definition) is 6. The summed E-state index contributed by atoms with van der Waals surface area (Å²) in [4.78, 5) is 0.0533. The molecule has 0 atom stereocenters. The highest BCUT2D eigenvalue weighted by molar-refractivity contribution is 7.89. The van der Waals surface area contributed by atoms with Gasteiger partial charge in [0.05, 0.1) is 35.0 Å². The molecule has 0 heterocycles. The first kappa shape index (κ1) is 16.7. The summed E-state index contributed by atoms with van der Waals surface area (Å²) in [6.45, 7) is 1.19. The van der Waals surface area contributed by atoms with Crippen molar-refractivity contribution in [3.63, 3.8) is 0 Å². The lowest BCUT2D eigenvalue weighted by Gasteiger charge is -2.31. The van der Waals surface area contributed by atoms with Gasteiger partial charge in [-0.2, -0.15) is 0 Å². The fourth-order valence-electron chi connectivity index (χ4n) is 1.66. The lowest BCUT2D eigenvalue weighted by molar-refractivity contribution is 0.132. The molecule has 20 heavy (non-hydrogen) atoms. The van der Waals surface area contributed by atoms with Gasteiger partial charge in [0, 0.05) is 0 Å². The van der Waals surface area contributed by atoms with Crippen molar-refractivity contribution in [2.24, 2.45) is 0 Å². The number of aliphatic hydroxyl groups is 2. The van der Waals surface area contributed by atoms with Crippen LogP contribution in [-0.2, 0) is 10.0 Å². The molecule has 1 aromatic carbocycles. The van der Waals surface area contributed by atoms with Gasteiger partial charge in [0.15, 0.2) is 0 Å². The molecule has 1 aromatic rings. The molecule has 0 aliphatic rings. The van der Waals surface area contributed by atoms with Crippen LogP contribution in [0.25, 0.3) is 0 Å². The standard InChI is InChI=1S/C12H21N3O4S/c1-3-12(7-16,8-17)15-11-6-9(4-5-10(11)13)20(18,19)14-2/h4-6,14-17H,3,7-8,13H2,1-2H3. The molecule has 0 radical (unpaired) electrons. The fraction of sp³-hybridized carbons (Fsp3) is 0.500. The van der Waals surface area contributed by atoms with Gasteiger partial charge < -0.3 is 21.3 Å². The van der Waals surface area contributed by atoms with E-state index in [1.165, 1.54) is 25.2 Å². The Hall–Kier alpha value is -1.35. The second-order valence-electron chi connectivity index (χ2n) is 4.53. The predicted molar refractivity (Wildman–Crippen MR) is 77.9 cm³/mol. The van der Waals surface area contributed by atoms with Crippen molar-refractivity contribution < 1.29 is 18.6 Å². The van der Waals surface area contributed by atoms with Crippen LogP contribution in [-0.4, -0.2) is 44.4 Å². The average Bonchev–Trinajstić information content (AvgIpc) is 2.46. The van der Waals surface area contributed by atoms with E-state index in [0.717, 1.165) is 0 Å². The maximum absolute atomic E-state index is 11.8. The number of hydrogen-bond donors (Lipinski definition) is 5. The Bertz CT molecular complexity index is 548. The monoisotopic (exact) mass is 303 g/mol. The second kappa shape index (κ2) is 6.40. The molecule has 0 fully saturated rings. The largest absolute Gasteiger partial charge is 0.397 e. The van der Waals surface area contributed by atoms with Crippen LogP contribution in [0.15, 0.2) is 23.1 Å². The highest BCUT2D eigenvalue weighted by atomic mass is 32.2. The molecule has 0 saturated carbocycles. The van der Waals surface area contributed by atoms with Crippen molar-refractivity contribution in [2.75, 3.05) is 31.3 Å². The van der Waals surface area contributed by atoms with Gasteiger partial charge in [-0.15, -0.1) is 0 Å². The second-order valence-corrected chi connectivity index (χ2v) is 6.42. The molecule has 7 nitrogen and oxygen atoms in total. The van der Waals surface area contributed by atoms with Gasteiger partial charge in [-0.05, 0) is 31.7 Å². The van der Waals surface area contributed by atoms with E-state index in [-0.39, 0.29) is 18.1 Å². The molecule has 114 valence electrons. The molecule has 0 aliphatic carbocycles. The summed E-state index contributed by atoms with van der Waals surface area (Å²) < 4.78 is 25.7. The molecule has 0 spiro atoms. The molecule has 1 rings (SSSR count). The van der Waals surface area contributed by atoms with Crippen LogP contribution in [0, 0.1) is 0 Å². The molecule has 0 unspecified atom stereocenters. The van der Waals surface area contributed by atoms with E-state index in [2.05, 4.69) is 10.0 Å². The number of aliphatic hydroxyl groups excluding tert-OH is 2. The van der Waals surface area contributed by atoms with E-state index in [4.69, 9.17) is 5.73 Å². The minimum Gasteiger partial charge on any atom is -0.397 e. The van der Waals surface area contributed by atoms with Crippen molar-refractivity contribution in [2.45, 2.75) is 23.8 Å². The third kappa shape index (κ3) is 3.40. The van der Waals surface area contributed by atoms with Crippen LogP contribution in [0.4, 0.5) is 11.4 Å². The normalized spacial score (nSPS) is 12.4. The van der Waals surface area contributed by atoms with E-state index < -0.39 is 15.6 Å². The number of nitrogen functional groups attached to an aromatic ring is 1. The molecule has 0 saturated heterocycles. The molecule has 8 heteroatoms. The first-order chi connectivity index (χ1) is 9.34. The number of sulfonamides is 1. The highest BCUT2D eigenvalue weighted by Gasteiger charge is 2.27. The Morgan fingerprint density at radius 3 is 2.35 bits per heavy atom. The zero-order valence-electron chi connectivity index (χ0n) is 11.5. The summed E-state index contributed by atoms with van der Waals surface area (Å²) >= 11 is 0. The molecule has 0 aromatic heterocycles. The molecular weight excluding hydrogens is 282 g/mol. The Morgan fingerprint density at radius 2 is 1.90 bits per heavy atom. The SMILES string of the molecule is CCC(CO)(CO)Nc1cc(S(=O)(=O)NC)ccc1N. The van der Waals surface area contributed by atoms with Gasteiger partial charge in [0.1, 0.15) is 0 Å². The van der Waals surface area contributed by atoms with Crippen LogP contribution in [0.3, 0.4) is 0 Å². The van der Waals surface area contributed by atoms with Crippen LogP contribution in [0.5, 0.6) is 0 Å². The van der Waals surface area contributed by atoms with Gasteiger partial charge >= 0.3 is 0 Å². The van der Waals surface area contributed by atoms with Crippen LogP contribution in [0.1, 0.15) is 13.3 Å². The summed E-state index contributed by atoms with van der Waals surface area (Å²) in [5, 5.41) is 21.7. The van der Waals surface area contributed by atoms with Crippen molar-refractivity contribution >= 4 is 21.4 Å². The fourth-order valence-corrected chi connectivity index (χ4v) is 2.41. The minimum atomic E-state index is -3.58. The van der Waals surface area contributed by atoms with E-state index in [9.17, 15) is 18.6 Å². The topological polar surface area (TPSA) is 125 Å². The molecule has 6 N–H and O–H groups in total. The van der Waals surface area contributed by atoms with E-state index in [1.54, 1.807) is 6.92 Å². The number of nitrogens with two attached hydrogens (primary N) is 1. The zero-order chi connectivity index (χ0) is 15.4. The first-order valence-electron chi connectivity index (χ1n) is 6.17. The summed E-state index contributed by atoms with van der Waals surface area (Å²) in [6, 6.07) is 4.22. The number of anilines is 2. The average molecular weight is 303 g/mol. The number of benzene rings is 1. The van der Waals surface area contributed by atoms with Gasteiger partial charge in [0.25, 0.3) is 0 Å². The van der Waals surface area contributed by atoms with Gasteiger partial charge in [-0.25, -0.2) is 13.1 Å². The van der Waals surface area contributed by atoms with Gasteiger partial charge in [-0.1, -0.05) is 6.92 Å². The van der Waals surface area contributed by atoms with Crippen molar-refractivity contribution in [3.05, 3.63) is 18.2 Å². The van der Waals surface area contributed by atoms with E-state index in [1.807, 2.05) is 0 Å². The summed E-state index contributed by atoms with van der Waals surface area (Å²) in [5.74, 6) is 0. The summed E-state index contributed by atoms with van der Waals surface area (Å²) in [5.41, 5.74) is 5.54. The van der Waals surface area contributed by atoms with Crippen LogP contribution < -0.4 is 15.8 Å². The van der Waals surface area contributed by atoms with Crippen molar-refractivity contribution in [1.29, 1.82) is 0 Å². The van der Waals surface area contributed by atoms with Crippen LogP contribution in [0.2, 0.25) is 0 Å².